The number of nitrogens with one attached hydrogen (secondary N) is 1. The molecule has 0 aromatic carbocycles. The molecule has 0 saturated carbocycles. The number of fused-ring (bicyclic) bond motifs is 1. The van der Waals surface area contributed by atoms with Gasteiger partial charge in [0.25, 0.3) is 0 Å². The molecular weight excluding hydrogens is 270 g/mol. The van der Waals surface area contributed by atoms with E-state index >= 15 is 0 Å². The molecule has 1 atom stereocenters. The number of anilines is 1. The van der Waals surface area contributed by atoms with Crippen LogP contribution in [0.25, 0.3) is 11.3 Å². The molecule has 20 heavy (non-hydrogen) atoms. The van der Waals surface area contributed by atoms with Crippen LogP contribution >= 0.6 is 11.3 Å². The Hall–Kier alpha value is -2.21. The summed E-state index contributed by atoms with van der Waals surface area (Å²) in [6, 6.07) is 6.27. The number of pyridine rings is 1. The fourth-order valence-corrected chi connectivity index (χ4v) is 3.26. The summed E-state index contributed by atoms with van der Waals surface area (Å²) in [5.41, 5.74) is 1.98. The Balaban J connectivity index is 1.78. The number of thiazole rings is 1. The largest absolute Gasteiger partial charge is 0.370 e. The van der Waals surface area contributed by atoms with E-state index in [0.717, 1.165) is 35.0 Å². The first kappa shape index (κ1) is 11.6. The minimum Gasteiger partial charge on any atom is -0.370 e. The van der Waals surface area contributed by atoms with Crippen molar-refractivity contribution >= 4 is 17.2 Å². The van der Waals surface area contributed by atoms with Gasteiger partial charge in [0.15, 0.2) is 0 Å². The van der Waals surface area contributed by atoms with Gasteiger partial charge in [-0.2, -0.15) is 5.10 Å². The van der Waals surface area contributed by atoms with Crippen molar-refractivity contribution in [2.75, 3.05) is 11.9 Å². The molecule has 1 aliphatic heterocycles. The third kappa shape index (κ3) is 1.89. The van der Waals surface area contributed by atoms with E-state index in [1.807, 2.05) is 34.6 Å². The molecule has 4 rings (SSSR count). The van der Waals surface area contributed by atoms with Crippen LogP contribution in [0.4, 0.5) is 5.82 Å². The number of hydrogen-bond donors (Lipinski definition) is 1. The van der Waals surface area contributed by atoms with Crippen molar-refractivity contribution in [3.8, 4) is 11.3 Å². The standard InChI is InChI=1S/C14H13N5S/c1-2-10(9-15-4-1)11-8-13-16-5-3-12(19(13)18-11)14-17-6-7-20-14/h1-2,4,6-9,12,16H,3,5H2. The number of hydrogen-bond acceptors (Lipinski definition) is 5. The molecule has 3 aromatic heterocycles. The molecule has 100 valence electrons. The molecule has 0 saturated heterocycles. The van der Waals surface area contributed by atoms with Gasteiger partial charge in [0.05, 0.1) is 5.69 Å². The summed E-state index contributed by atoms with van der Waals surface area (Å²) in [5.74, 6) is 1.05. The van der Waals surface area contributed by atoms with E-state index in [2.05, 4.69) is 21.4 Å². The lowest BCUT2D eigenvalue weighted by molar-refractivity contribution is 0.481. The van der Waals surface area contributed by atoms with Gasteiger partial charge in [0.1, 0.15) is 16.9 Å². The maximum absolute atomic E-state index is 4.74. The van der Waals surface area contributed by atoms with Crippen LogP contribution in [0.5, 0.6) is 0 Å². The molecule has 4 heterocycles. The van der Waals surface area contributed by atoms with Crippen LogP contribution in [0.2, 0.25) is 0 Å². The molecule has 0 fully saturated rings. The lowest BCUT2D eigenvalue weighted by Crippen LogP contribution is -2.24. The second-order valence-electron chi connectivity index (χ2n) is 4.70. The van der Waals surface area contributed by atoms with E-state index in [1.165, 1.54) is 0 Å². The highest BCUT2D eigenvalue weighted by Gasteiger charge is 2.25. The summed E-state index contributed by atoms with van der Waals surface area (Å²) >= 11 is 1.69. The van der Waals surface area contributed by atoms with Crippen LogP contribution < -0.4 is 5.32 Å². The summed E-state index contributed by atoms with van der Waals surface area (Å²) in [5, 5.41) is 11.3. The Kier molecular flexibility index (Phi) is 2.74. The Morgan fingerprint density at radius 2 is 2.35 bits per heavy atom. The van der Waals surface area contributed by atoms with Gasteiger partial charge in [0.2, 0.25) is 0 Å². The van der Waals surface area contributed by atoms with E-state index < -0.39 is 0 Å². The molecule has 0 aliphatic carbocycles. The second-order valence-corrected chi connectivity index (χ2v) is 5.63. The van der Waals surface area contributed by atoms with Crippen LogP contribution in [-0.4, -0.2) is 26.3 Å². The van der Waals surface area contributed by atoms with Crippen molar-refractivity contribution in [1.29, 1.82) is 0 Å². The van der Waals surface area contributed by atoms with E-state index in [4.69, 9.17) is 5.10 Å². The summed E-state index contributed by atoms with van der Waals surface area (Å²) in [7, 11) is 0. The fraction of sp³-hybridized carbons (Fsp3) is 0.214. The molecule has 0 spiro atoms. The lowest BCUT2D eigenvalue weighted by atomic mass is 10.2. The van der Waals surface area contributed by atoms with Crippen LogP contribution in [0.15, 0.2) is 42.2 Å². The van der Waals surface area contributed by atoms with E-state index in [1.54, 1.807) is 17.5 Å². The Morgan fingerprint density at radius 1 is 1.35 bits per heavy atom. The van der Waals surface area contributed by atoms with Crippen molar-refractivity contribution < 1.29 is 0 Å². The van der Waals surface area contributed by atoms with Crippen molar-refractivity contribution in [3.05, 3.63) is 47.2 Å². The number of nitrogens with zero attached hydrogens (tertiary/aromatic N) is 4. The van der Waals surface area contributed by atoms with Crippen molar-refractivity contribution in [3.63, 3.8) is 0 Å². The normalized spacial score (nSPS) is 17.5. The highest BCUT2D eigenvalue weighted by Crippen LogP contribution is 2.33. The molecule has 1 N–H and O–H groups in total. The zero-order valence-electron chi connectivity index (χ0n) is 10.7. The summed E-state index contributed by atoms with van der Waals surface area (Å²) in [6.07, 6.45) is 6.48. The number of rotatable bonds is 2. The van der Waals surface area contributed by atoms with Crippen LogP contribution in [0.1, 0.15) is 17.5 Å². The predicted molar refractivity (Wildman–Crippen MR) is 78.8 cm³/mol. The van der Waals surface area contributed by atoms with E-state index in [0.29, 0.717) is 0 Å². The van der Waals surface area contributed by atoms with Gasteiger partial charge >= 0.3 is 0 Å². The molecule has 6 heteroatoms. The van der Waals surface area contributed by atoms with Gasteiger partial charge in [-0.3, -0.25) is 4.98 Å². The molecule has 1 aliphatic rings. The van der Waals surface area contributed by atoms with Crippen molar-refractivity contribution in [1.82, 2.24) is 19.7 Å². The first-order valence-electron chi connectivity index (χ1n) is 6.55. The third-order valence-electron chi connectivity index (χ3n) is 3.45. The molecule has 1 unspecified atom stereocenters. The third-order valence-corrected chi connectivity index (χ3v) is 4.33. The minimum atomic E-state index is 0.233. The maximum Gasteiger partial charge on any atom is 0.125 e. The summed E-state index contributed by atoms with van der Waals surface area (Å²) in [4.78, 5) is 8.59. The molecule has 5 nitrogen and oxygen atoms in total. The highest BCUT2D eigenvalue weighted by atomic mass is 32.1. The molecular formula is C14H13N5S. The average Bonchev–Trinajstić information content (AvgIpc) is 3.17. The van der Waals surface area contributed by atoms with Crippen molar-refractivity contribution in [2.24, 2.45) is 0 Å². The summed E-state index contributed by atoms with van der Waals surface area (Å²) in [6.45, 7) is 0.947. The zero-order valence-corrected chi connectivity index (χ0v) is 11.5. The van der Waals surface area contributed by atoms with Crippen LogP contribution in [-0.2, 0) is 0 Å². The predicted octanol–water partition coefficient (Wildman–Crippen LogP) is 2.81. The van der Waals surface area contributed by atoms with Gasteiger partial charge in [-0.05, 0) is 18.6 Å². The SMILES string of the molecule is c1cncc(-c2cc3n(n2)C(c2nccs2)CCN3)c1. The van der Waals surface area contributed by atoms with Gasteiger partial charge in [-0.1, -0.05) is 0 Å². The van der Waals surface area contributed by atoms with Gasteiger partial charge in [0, 0.05) is 42.1 Å². The van der Waals surface area contributed by atoms with E-state index in [-0.39, 0.29) is 6.04 Å². The second kappa shape index (κ2) is 4.72. The smallest absolute Gasteiger partial charge is 0.125 e. The lowest BCUT2D eigenvalue weighted by Gasteiger charge is -2.23. The van der Waals surface area contributed by atoms with Crippen LogP contribution in [0, 0.1) is 0 Å². The zero-order chi connectivity index (χ0) is 13.4. The van der Waals surface area contributed by atoms with Gasteiger partial charge < -0.3 is 5.32 Å². The maximum atomic E-state index is 4.74. The topological polar surface area (TPSA) is 55.6 Å². The summed E-state index contributed by atoms with van der Waals surface area (Å²) < 4.78 is 2.05. The Labute approximate surface area is 120 Å². The quantitative estimate of drug-likeness (QED) is 0.785. The van der Waals surface area contributed by atoms with E-state index in [9.17, 15) is 0 Å². The first-order chi connectivity index (χ1) is 9.92. The Morgan fingerprint density at radius 3 is 3.15 bits per heavy atom. The first-order valence-corrected chi connectivity index (χ1v) is 7.43. The monoisotopic (exact) mass is 283 g/mol. The average molecular weight is 283 g/mol. The minimum absolute atomic E-state index is 0.233. The Bertz CT molecular complexity index is 705. The molecule has 0 amide bonds. The molecule has 0 radical (unpaired) electrons. The molecule has 3 aromatic rings. The fourth-order valence-electron chi connectivity index (χ4n) is 2.51. The van der Waals surface area contributed by atoms with Crippen LogP contribution in [0.3, 0.4) is 0 Å². The van der Waals surface area contributed by atoms with Gasteiger partial charge in [-0.15, -0.1) is 11.3 Å². The molecule has 0 bridgehead atoms. The van der Waals surface area contributed by atoms with Gasteiger partial charge in [-0.25, -0.2) is 9.67 Å². The highest BCUT2D eigenvalue weighted by molar-refractivity contribution is 7.09. The van der Waals surface area contributed by atoms with Crippen molar-refractivity contribution in [2.45, 2.75) is 12.5 Å². The number of aromatic nitrogens is 4.